The lowest BCUT2D eigenvalue weighted by molar-refractivity contribution is -0.389. The number of nitrogens with zero attached hydrogens (tertiary/aromatic N) is 5. The lowest BCUT2D eigenvalue weighted by Gasteiger charge is -2.05. The van der Waals surface area contributed by atoms with Crippen LogP contribution < -0.4 is 5.32 Å². The Morgan fingerprint density at radius 1 is 1.36 bits per heavy atom. The molecule has 0 fully saturated rings. The molecule has 0 aliphatic rings. The summed E-state index contributed by atoms with van der Waals surface area (Å²) in [5.74, 6) is -0.395. The number of rotatable bonds is 5. The quantitative estimate of drug-likeness (QED) is 0.665. The van der Waals surface area contributed by atoms with E-state index >= 15 is 0 Å². The SMILES string of the molecule is Cc1nn(C)c(C)c1NC(=O)CCn1nc([N+](=O)[O-])cc1C. The maximum absolute atomic E-state index is 12.0. The number of carbonyl (C=O) groups excluding carboxylic acids is 1. The van der Waals surface area contributed by atoms with Crippen molar-refractivity contribution in [1.29, 1.82) is 0 Å². The molecule has 2 aromatic rings. The molecule has 0 radical (unpaired) electrons. The standard InChI is InChI=1S/C13H18N6O3/c1-8-7-11(19(21)22)16-18(8)6-5-12(20)14-13-9(2)15-17(4)10(13)3/h7H,5-6H2,1-4H3,(H,14,20). The first kappa shape index (κ1) is 15.7. The van der Waals surface area contributed by atoms with Crippen LogP contribution in [-0.2, 0) is 18.4 Å². The van der Waals surface area contributed by atoms with Crippen molar-refractivity contribution in [1.82, 2.24) is 19.6 Å². The summed E-state index contributed by atoms with van der Waals surface area (Å²) >= 11 is 0. The molecule has 1 amide bonds. The van der Waals surface area contributed by atoms with Crippen LogP contribution in [0.5, 0.6) is 0 Å². The van der Waals surface area contributed by atoms with Crippen molar-refractivity contribution in [3.05, 3.63) is 33.3 Å². The number of hydrogen-bond donors (Lipinski definition) is 1. The number of nitrogens with one attached hydrogen (secondary N) is 1. The van der Waals surface area contributed by atoms with Crippen LogP contribution in [-0.4, -0.2) is 30.4 Å². The summed E-state index contributed by atoms with van der Waals surface area (Å²) in [6.07, 6.45) is 0.174. The summed E-state index contributed by atoms with van der Waals surface area (Å²) < 4.78 is 3.16. The van der Waals surface area contributed by atoms with Crippen molar-refractivity contribution in [2.45, 2.75) is 33.7 Å². The number of carbonyl (C=O) groups is 1. The van der Waals surface area contributed by atoms with Gasteiger partial charge >= 0.3 is 5.82 Å². The highest BCUT2D eigenvalue weighted by Crippen LogP contribution is 2.18. The van der Waals surface area contributed by atoms with Crippen LogP contribution >= 0.6 is 0 Å². The van der Waals surface area contributed by atoms with Crippen molar-refractivity contribution in [2.75, 3.05) is 5.32 Å². The molecule has 0 saturated carbocycles. The molecule has 0 unspecified atom stereocenters. The second-order valence-corrected chi connectivity index (χ2v) is 5.09. The summed E-state index contributed by atoms with van der Waals surface area (Å²) in [4.78, 5) is 22.1. The highest BCUT2D eigenvalue weighted by molar-refractivity contribution is 5.91. The number of anilines is 1. The number of amides is 1. The van der Waals surface area contributed by atoms with Gasteiger partial charge < -0.3 is 15.4 Å². The van der Waals surface area contributed by atoms with E-state index in [9.17, 15) is 14.9 Å². The minimum Gasteiger partial charge on any atom is -0.358 e. The smallest absolute Gasteiger partial charge is 0.358 e. The Morgan fingerprint density at radius 3 is 2.55 bits per heavy atom. The molecule has 0 saturated heterocycles. The maximum Gasteiger partial charge on any atom is 0.390 e. The Labute approximate surface area is 127 Å². The van der Waals surface area contributed by atoms with Gasteiger partial charge in [0.25, 0.3) is 0 Å². The van der Waals surface area contributed by atoms with Gasteiger partial charge in [-0.2, -0.15) is 9.78 Å². The second-order valence-electron chi connectivity index (χ2n) is 5.09. The van der Waals surface area contributed by atoms with Gasteiger partial charge in [0, 0.05) is 13.5 Å². The molecule has 0 spiro atoms. The van der Waals surface area contributed by atoms with E-state index in [2.05, 4.69) is 15.5 Å². The third-order valence-electron chi connectivity index (χ3n) is 3.48. The van der Waals surface area contributed by atoms with Crippen molar-refractivity contribution in [2.24, 2.45) is 7.05 Å². The number of aromatic nitrogens is 4. The van der Waals surface area contributed by atoms with Crippen molar-refractivity contribution < 1.29 is 9.72 Å². The van der Waals surface area contributed by atoms with Crippen LogP contribution in [0.3, 0.4) is 0 Å². The Hall–Kier alpha value is -2.71. The van der Waals surface area contributed by atoms with E-state index in [-0.39, 0.29) is 24.7 Å². The zero-order valence-corrected chi connectivity index (χ0v) is 13.0. The van der Waals surface area contributed by atoms with Crippen LogP contribution in [0.25, 0.3) is 0 Å². The Bertz CT molecular complexity index is 730. The molecule has 0 aromatic carbocycles. The van der Waals surface area contributed by atoms with E-state index in [1.54, 1.807) is 11.6 Å². The molecule has 9 heteroatoms. The number of hydrogen-bond acceptors (Lipinski definition) is 5. The molecule has 22 heavy (non-hydrogen) atoms. The molecule has 0 aliphatic heterocycles. The molecule has 0 aliphatic carbocycles. The van der Waals surface area contributed by atoms with Crippen LogP contribution in [0.4, 0.5) is 11.5 Å². The molecular formula is C13H18N6O3. The highest BCUT2D eigenvalue weighted by atomic mass is 16.6. The van der Waals surface area contributed by atoms with Gasteiger partial charge in [-0.3, -0.25) is 9.48 Å². The van der Waals surface area contributed by atoms with Gasteiger partial charge in [0.1, 0.15) is 0 Å². The highest BCUT2D eigenvalue weighted by Gasteiger charge is 2.17. The Balaban J connectivity index is 2.00. The van der Waals surface area contributed by atoms with Crippen LogP contribution in [0.1, 0.15) is 23.5 Å². The molecule has 2 heterocycles. The Kier molecular flexibility index (Phi) is 4.25. The predicted molar refractivity (Wildman–Crippen MR) is 79.5 cm³/mol. The molecule has 118 valence electrons. The second kappa shape index (κ2) is 5.96. The number of nitro groups is 1. The average molecular weight is 306 g/mol. The summed E-state index contributed by atoms with van der Waals surface area (Å²) in [7, 11) is 1.81. The lowest BCUT2D eigenvalue weighted by atomic mass is 10.3. The summed E-state index contributed by atoms with van der Waals surface area (Å²) in [6.45, 7) is 5.69. The minimum absolute atomic E-state index is 0.174. The first-order chi connectivity index (χ1) is 10.3. The van der Waals surface area contributed by atoms with E-state index in [4.69, 9.17) is 0 Å². The minimum atomic E-state index is -0.550. The number of aryl methyl sites for hydroxylation is 4. The zero-order chi connectivity index (χ0) is 16.4. The van der Waals surface area contributed by atoms with Gasteiger partial charge in [0.2, 0.25) is 5.91 Å². The van der Waals surface area contributed by atoms with Crippen LogP contribution in [0, 0.1) is 30.9 Å². The van der Waals surface area contributed by atoms with Crippen molar-refractivity contribution >= 4 is 17.4 Å². The fourth-order valence-electron chi connectivity index (χ4n) is 2.17. The van der Waals surface area contributed by atoms with Gasteiger partial charge in [-0.05, 0) is 25.7 Å². The first-order valence-corrected chi connectivity index (χ1v) is 6.78. The topological polar surface area (TPSA) is 108 Å². The van der Waals surface area contributed by atoms with E-state index in [1.807, 2.05) is 20.9 Å². The molecular weight excluding hydrogens is 288 g/mol. The largest absolute Gasteiger partial charge is 0.390 e. The monoisotopic (exact) mass is 306 g/mol. The molecule has 1 N–H and O–H groups in total. The first-order valence-electron chi connectivity index (χ1n) is 6.78. The van der Waals surface area contributed by atoms with Crippen LogP contribution in [0.2, 0.25) is 0 Å². The molecule has 9 nitrogen and oxygen atoms in total. The van der Waals surface area contributed by atoms with Gasteiger partial charge in [0.15, 0.2) is 0 Å². The van der Waals surface area contributed by atoms with E-state index in [0.29, 0.717) is 11.4 Å². The van der Waals surface area contributed by atoms with Gasteiger partial charge in [-0.1, -0.05) is 0 Å². The average Bonchev–Trinajstić information content (AvgIpc) is 2.92. The molecule has 2 rings (SSSR count). The molecule has 0 bridgehead atoms. The van der Waals surface area contributed by atoms with Crippen molar-refractivity contribution in [3.63, 3.8) is 0 Å². The summed E-state index contributed by atoms with van der Waals surface area (Å²) in [5.41, 5.74) is 2.97. The molecule has 0 atom stereocenters. The van der Waals surface area contributed by atoms with Crippen molar-refractivity contribution in [3.8, 4) is 0 Å². The van der Waals surface area contributed by atoms with Gasteiger partial charge in [0.05, 0.1) is 40.5 Å². The van der Waals surface area contributed by atoms with Crippen LogP contribution in [0.15, 0.2) is 6.07 Å². The third-order valence-corrected chi connectivity index (χ3v) is 3.48. The van der Waals surface area contributed by atoms with E-state index in [1.165, 1.54) is 10.7 Å². The zero-order valence-electron chi connectivity index (χ0n) is 13.0. The van der Waals surface area contributed by atoms with Gasteiger partial charge in [-0.15, -0.1) is 0 Å². The maximum atomic E-state index is 12.0. The van der Waals surface area contributed by atoms with E-state index < -0.39 is 4.92 Å². The Morgan fingerprint density at radius 2 is 2.05 bits per heavy atom. The molecule has 2 aromatic heterocycles. The fraction of sp³-hybridized carbons (Fsp3) is 0.462. The lowest BCUT2D eigenvalue weighted by Crippen LogP contribution is -2.16. The van der Waals surface area contributed by atoms with E-state index in [0.717, 1.165) is 11.4 Å². The predicted octanol–water partition coefficient (Wildman–Crippen LogP) is 1.48. The van der Waals surface area contributed by atoms with Gasteiger partial charge in [-0.25, -0.2) is 0 Å². The summed E-state index contributed by atoms with van der Waals surface area (Å²) in [5, 5.41) is 21.6. The normalized spacial score (nSPS) is 10.7. The third kappa shape index (κ3) is 3.13. The fourth-order valence-corrected chi connectivity index (χ4v) is 2.17. The summed E-state index contributed by atoms with van der Waals surface area (Å²) in [6, 6.07) is 1.38.